The minimum absolute atomic E-state index is 0.433. The van der Waals surface area contributed by atoms with Gasteiger partial charge in [-0.2, -0.15) is 5.10 Å². The van der Waals surface area contributed by atoms with Gasteiger partial charge in [0.15, 0.2) is 6.29 Å². The van der Waals surface area contributed by atoms with Crippen LogP contribution >= 0.6 is 0 Å². The fraction of sp³-hybridized carbons (Fsp3) is 0.261. The number of aliphatic carboxylic acids is 1. The Labute approximate surface area is 175 Å². The summed E-state index contributed by atoms with van der Waals surface area (Å²) in [4.78, 5) is 21.8. The van der Waals surface area contributed by atoms with Crippen molar-refractivity contribution in [3.8, 4) is 16.9 Å². The molecule has 0 aliphatic carbocycles. The van der Waals surface area contributed by atoms with Gasteiger partial charge in [0.2, 0.25) is 0 Å². The predicted octanol–water partition coefficient (Wildman–Crippen LogP) is 2.76. The van der Waals surface area contributed by atoms with Crippen LogP contribution in [0.3, 0.4) is 0 Å². The van der Waals surface area contributed by atoms with Gasteiger partial charge in [0, 0.05) is 5.56 Å². The molecule has 3 aromatic rings. The highest BCUT2D eigenvalue weighted by molar-refractivity contribution is 5.79. The zero-order chi connectivity index (χ0) is 21.4. The minimum Gasteiger partial charge on any atom is -0.480 e. The van der Waals surface area contributed by atoms with Crippen molar-refractivity contribution in [1.82, 2.24) is 20.4 Å². The van der Waals surface area contributed by atoms with E-state index < -0.39 is 11.5 Å². The first-order valence-electron chi connectivity index (χ1n) is 9.89. The first-order valence-corrected chi connectivity index (χ1v) is 9.89. The molecule has 0 amide bonds. The van der Waals surface area contributed by atoms with E-state index in [4.69, 9.17) is 5.11 Å². The van der Waals surface area contributed by atoms with E-state index >= 15 is 0 Å². The van der Waals surface area contributed by atoms with Crippen molar-refractivity contribution >= 4 is 12.3 Å². The lowest BCUT2D eigenvalue weighted by molar-refractivity contribution is -0.145. The molecule has 2 aromatic carbocycles. The molecule has 156 valence electrons. The molecular weight excluding hydrogens is 380 g/mol. The van der Waals surface area contributed by atoms with Gasteiger partial charge in [-0.1, -0.05) is 48.5 Å². The zero-order valence-electron chi connectivity index (χ0n) is 16.9. The van der Waals surface area contributed by atoms with Crippen LogP contribution in [0.1, 0.15) is 23.3 Å². The van der Waals surface area contributed by atoms with Crippen LogP contribution in [0.4, 0.5) is 0 Å². The first-order chi connectivity index (χ1) is 14.6. The number of nitrogens with zero attached hydrogens (tertiary/aromatic N) is 2. The summed E-state index contributed by atoms with van der Waals surface area (Å²) in [5, 5.41) is 19.2. The Morgan fingerprint density at radius 2 is 1.70 bits per heavy atom. The van der Waals surface area contributed by atoms with Gasteiger partial charge in [0.25, 0.3) is 0 Å². The number of carbonyl (C=O) groups excluding carboxylic acids is 1. The van der Waals surface area contributed by atoms with Crippen LogP contribution < -0.4 is 10.6 Å². The number of benzene rings is 2. The molecule has 0 bridgehead atoms. The maximum Gasteiger partial charge on any atom is 0.323 e. The highest BCUT2D eigenvalue weighted by atomic mass is 16.4. The van der Waals surface area contributed by atoms with Crippen LogP contribution in [-0.4, -0.2) is 52.8 Å². The third-order valence-corrected chi connectivity index (χ3v) is 5.26. The Balaban J connectivity index is 0.000000199. The van der Waals surface area contributed by atoms with Crippen molar-refractivity contribution in [3.05, 3.63) is 72.4 Å². The van der Waals surface area contributed by atoms with Gasteiger partial charge in [-0.15, -0.1) is 0 Å². The first kappa shape index (κ1) is 21.4. The van der Waals surface area contributed by atoms with Crippen LogP contribution in [0.15, 0.2) is 66.7 Å². The van der Waals surface area contributed by atoms with Crippen molar-refractivity contribution in [1.29, 1.82) is 0 Å². The van der Waals surface area contributed by atoms with Crippen molar-refractivity contribution < 1.29 is 14.7 Å². The number of piperidine rings is 1. The molecule has 0 saturated carbocycles. The molecule has 30 heavy (non-hydrogen) atoms. The second-order valence-electron chi connectivity index (χ2n) is 7.07. The second-order valence-corrected chi connectivity index (χ2v) is 7.07. The molecule has 0 radical (unpaired) electrons. The number of hydrogen-bond donors (Lipinski definition) is 3. The van der Waals surface area contributed by atoms with Crippen molar-refractivity contribution in [2.75, 3.05) is 20.1 Å². The fourth-order valence-corrected chi connectivity index (χ4v) is 3.46. The van der Waals surface area contributed by atoms with Crippen LogP contribution in [0.2, 0.25) is 0 Å². The lowest BCUT2D eigenvalue weighted by Crippen LogP contribution is -2.56. The third kappa shape index (κ3) is 4.82. The maximum atomic E-state index is 11.0. The number of rotatable bonds is 5. The van der Waals surface area contributed by atoms with E-state index in [-0.39, 0.29) is 0 Å². The highest BCUT2D eigenvalue weighted by Gasteiger charge is 2.37. The van der Waals surface area contributed by atoms with E-state index in [2.05, 4.69) is 15.7 Å². The lowest BCUT2D eigenvalue weighted by Gasteiger charge is -2.32. The van der Waals surface area contributed by atoms with E-state index in [0.717, 1.165) is 36.3 Å². The largest absolute Gasteiger partial charge is 0.480 e. The normalized spacial score (nSPS) is 15.0. The summed E-state index contributed by atoms with van der Waals surface area (Å²) in [5.41, 5.74) is 2.64. The molecule has 0 unspecified atom stereocenters. The number of carboxylic acid groups (broad SMARTS) is 1. The van der Waals surface area contributed by atoms with Gasteiger partial charge in [-0.3, -0.25) is 9.59 Å². The van der Waals surface area contributed by atoms with E-state index in [1.54, 1.807) is 17.8 Å². The number of hydrogen-bond acceptors (Lipinski definition) is 5. The number of nitrogens with one attached hydrogen (secondary N) is 2. The number of aldehydes is 1. The van der Waals surface area contributed by atoms with E-state index in [1.165, 1.54) is 0 Å². The van der Waals surface area contributed by atoms with E-state index in [0.29, 0.717) is 18.5 Å². The second kappa shape index (κ2) is 9.96. The number of aromatic nitrogens is 2. The summed E-state index contributed by atoms with van der Waals surface area (Å²) in [5.74, 6) is -0.735. The van der Waals surface area contributed by atoms with Crippen LogP contribution in [0.5, 0.6) is 0 Å². The molecule has 3 N–H and O–H groups in total. The van der Waals surface area contributed by atoms with Crippen molar-refractivity contribution in [2.24, 2.45) is 0 Å². The molecule has 1 fully saturated rings. The third-order valence-electron chi connectivity index (χ3n) is 5.26. The van der Waals surface area contributed by atoms with Gasteiger partial charge in [0.05, 0.1) is 11.4 Å². The smallest absolute Gasteiger partial charge is 0.323 e. The average molecular weight is 406 g/mol. The van der Waals surface area contributed by atoms with Crippen LogP contribution in [0.25, 0.3) is 16.9 Å². The summed E-state index contributed by atoms with van der Waals surface area (Å²) in [6, 6.07) is 21.5. The summed E-state index contributed by atoms with van der Waals surface area (Å²) in [6.45, 7) is 1.57. The van der Waals surface area contributed by atoms with Gasteiger partial charge >= 0.3 is 5.97 Å². The van der Waals surface area contributed by atoms with Gasteiger partial charge in [-0.05, 0) is 51.2 Å². The monoisotopic (exact) mass is 406 g/mol. The summed E-state index contributed by atoms with van der Waals surface area (Å²) in [7, 11) is 1.71. The summed E-state index contributed by atoms with van der Waals surface area (Å²) < 4.78 is 1.79. The van der Waals surface area contributed by atoms with Crippen molar-refractivity contribution in [3.63, 3.8) is 0 Å². The Kier molecular flexibility index (Phi) is 7.11. The van der Waals surface area contributed by atoms with Gasteiger partial charge < -0.3 is 15.7 Å². The molecule has 7 heteroatoms. The topological polar surface area (TPSA) is 96.3 Å². The fourth-order valence-electron chi connectivity index (χ4n) is 3.46. The standard InChI is InChI=1S/C16H12N2O.C7H14N2O2/c19-12-14-11-16(13-7-3-1-4-8-13)18(17-14)15-9-5-2-6-10-15;1-8-7(6(10)11)2-4-9-5-3-7/h1-12H;8-9H,2-5H2,1H3,(H,10,11). The average Bonchev–Trinajstić information content (AvgIpc) is 3.26. The van der Waals surface area contributed by atoms with Crippen LogP contribution in [-0.2, 0) is 4.79 Å². The molecule has 1 aliphatic heterocycles. The summed E-state index contributed by atoms with van der Waals surface area (Å²) in [6.07, 6.45) is 2.10. The molecular formula is C23H26N4O3. The molecule has 0 atom stereocenters. The Morgan fingerprint density at radius 3 is 2.20 bits per heavy atom. The van der Waals surface area contributed by atoms with Gasteiger partial charge in [0.1, 0.15) is 11.2 Å². The predicted molar refractivity (Wildman–Crippen MR) is 116 cm³/mol. The molecule has 1 saturated heterocycles. The van der Waals surface area contributed by atoms with Crippen molar-refractivity contribution in [2.45, 2.75) is 18.4 Å². The molecule has 1 aliphatic rings. The minimum atomic E-state index is -0.735. The van der Waals surface area contributed by atoms with E-state index in [9.17, 15) is 9.59 Å². The zero-order valence-corrected chi connectivity index (χ0v) is 16.9. The van der Waals surface area contributed by atoms with Gasteiger partial charge in [-0.25, -0.2) is 4.68 Å². The lowest BCUT2D eigenvalue weighted by atomic mass is 9.89. The Hall–Kier alpha value is -3.29. The van der Waals surface area contributed by atoms with Crippen LogP contribution in [0, 0.1) is 0 Å². The highest BCUT2D eigenvalue weighted by Crippen LogP contribution is 2.23. The molecule has 4 rings (SSSR count). The Morgan fingerprint density at radius 1 is 1.10 bits per heavy atom. The number of carbonyl (C=O) groups is 2. The SMILES string of the molecule is CNC1(C(=O)O)CCNCC1.O=Cc1cc(-c2ccccc2)n(-c2ccccc2)n1. The number of para-hydroxylation sites is 1. The quantitative estimate of drug-likeness (QED) is 0.564. The maximum absolute atomic E-state index is 11.0. The van der Waals surface area contributed by atoms with E-state index in [1.807, 2.05) is 60.7 Å². The number of carboxylic acids is 1. The summed E-state index contributed by atoms with van der Waals surface area (Å²) >= 11 is 0. The Bertz CT molecular complexity index is 908. The number of likely N-dealkylation sites (N-methyl/N-ethyl adjacent to an activating group) is 1. The molecule has 7 nitrogen and oxygen atoms in total. The molecule has 0 spiro atoms. The molecule has 1 aromatic heterocycles. The molecule has 2 heterocycles.